The summed E-state index contributed by atoms with van der Waals surface area (Å²) in [4.78, 5) is 0. The molecule has 0 bridgehead atoms. The monoisotopic (exact) mass is 512 g/mol. The fourth-order valence-electron chi connectivity index (χ4n) is 3.94. The van der Waals surface area contributed by atoms with Gasteiger partial charge in [-0.3, -0.25) is 0 Å². The van der Waals surface area contributed by atoms with E-state index in [1.54, 1.807) is 0 Å². The van der Waals surface area contributed by atoms with Crippen molar-refractivity contribution in [1.29, 1.82) is 0 Å². The Labute approximate surface area is 186 Å². The van der Waals surface area contributed by atoms with Crippen LogP contribution >= 0.6 is 0 Å². The van der Waals surface area contributed by atoms with Crippen LogP contribution in [0.1, 0.15) is 95.7 Å². The molecule has 0 N–H and O–H groups in total. The molecule has 0 aromatic heterocycles. The number of hydrogen-bond donors (Lipinski definition) is 0. The summed E-state index contributed by atoms with van der Waals surface area (Å²) in [5.74, 6) is 0. The van der Waals surface area contributed by atoms with E-state index < -0.39 is 19.5 Å². The van der Waals surface area contributed by atoms with E-state index in [-0.39, 0.29) is 16.2 Å². The zero-order chi connectivity index (χ0) is 22.5. The Balaban J connectivity index is 2.98. The van der Waals surface area contributed by atoms with E-state index in [4.69, 9.17) is 0 Å². The Hall–Kier alpha value is -0.970. The predicted molar refractivity (Wildman–Crippen MR) is 129 cm³/mol. The van der Waals surface area contributed by atoms with E-state index in [1.807, 2.05) is 0 Å². The molecule has 0 amide bonds. The molecule has 2 aromatic carbocycles. The first-order valence-corrected chi connectivity index (χ1v) is 13.9. The molecular formula is C27H40OTe. The van der Waals surface area contributed by atoms with Crippen molar-refractivity contribution >= 4 is 26.8 Å². The molecular weight excluding hydrogens is 470 g/mol. The Morgan fingerprint density at radius 3 is 1.28 bits per heavy atom. The van der Waals surface area contributed by atoms with Crippen LogP contribution in [0, 0.1) is 20.8 Å². The summed E-state index contributed by atoms with van der Waals surface area (Å²) in [7, 11) is 0. The van der Waals surface area contributed by atoms with Crippen LogP contribution in [0.3, 0.4) is 0 Å². The summed E-state index contributed by atoms with van der Waals surface area (Å²) in [5, 5.41) is 0. The van der Waals surface area contributed by atoms with Crippen LogP contribution in [-0.2, 0) is 19.3 Å². The van der Waals surface area contributed by atoms with Crippen molar-refractivity contribution in [3.8, 4) is 0 Å². The molecule has 0 saturated carbocycles. The van der Waals surface area contributed by atoms with Gasteiger partial charge in [0.1, 0.15) is 0 Å². The molecule has 0 heterocycles. The topological polar surface area (TPSA) is 17.1 Å². The van der Waals surface area contributed by atoms with E-state index >= 15 is 0 Å². The van der Waals surface area contributed by atoms with Crippen molar-refractivity contribution < 1.29 is 3.10 Å². The predicted octanol–water partition coefficient (Wildman–Crippen LogP) is 6.04. The third kappa shape index (κ3) is 5.21. The summed E-state index contributed by atoms with van der Waals surface area (Å²) in [6.45, 7) is 26.7. The standard InChI is InChI=1S/C27H40OTe/c1-17-13-18(2)23(19(3)14-17)29(28)24-21(26(7,8)9)15-20(25(4,5)6)16-22(24)27(10,11)12/h13-16H,1-12H3/i28+2. The van der Waals surface area contributed by atoms with Crippen LogP contribution in [0.5, 0.6) is 0 Å². The van der Waals surface area contributed by atoms with Crippen LogP contribution in [0.4, 0.5) is 0 Å². The Morgan fingerprint density at radius 2 is 0.966 bits per heavy atom. The zero-order valence-electron chi connectivity index (χ0n) is 20.6. The fraction of sp³-hybridized carbons (Fsp3) is 0.556. The van der Waals surface area contributed by atoms with Gasteiger partial charge in [-0.05, 0) is 0 Å². The number of hydrogen-bond acceptors (Lipinski definition) is 1. The summed E-state index contributed by atoms with van der Waals surface area (Å²) >= 11 is -3.01. The maximum absolute atomic E-state index is 14.3. The number of benzene rings is 2. The van der Waals surface area contributed by atoms with Gasteiger partial charge in [-0.25, -0.2) is 0 Å². The van der Waals surface area contributed by atoms with Crippen molar-refractivity contribution in [2.75, 3.05) is 0 Å². The van der Waals surface area contributed by atoms with Gasteiger partial charge in [0.2, 0.25) is 0 Å². The molecule has 0 spiro atoms. The van der Waals surface area contributed by atoms with Gasteiger partial charge in [-0.2, -0.15) is 0 Å². The molecule has 0 aliphatic rings. The second kappa shape index (κ2) is 7.94. The van der Waals surface area contributed by atoms with Gasteiger partial charge < -0.3 is 0 Å². The first-order chi connectivity index (χ1) is 12.9. The van der Waals surface area contributed by atoms with E-state index in [2.05, 4.69) is 107 Å². The summed E-state index contributed by atoms with van der Waals surface area (Å²) in [5.41, 5.74) is 7.38. The van der Waals surface area contributed by atoms with E-state index in [9.17, 15) is 3.10 Å². The average molecular weight is 510 g/mol. The first-order valence-electron chi connectivity index (χ1n) is 10.6. The molecule has 0 atom stereocenters. The van der Waals surface area contributed by atoms with Crippen molar-refractivity contribution in [3.63, 3.8) is 0 Å². The Bertz CT molecular complexity index is 886. The van der Waals surface area contributed by atoms with E-state index in [0.29, 0.717) is 0 Å². The molecule has 160 valence electrons. The summed E-state index contributed by atoms with van der Waals surface area (Å²) < 4.78 is 16.6. The summed E-state index contributed by atoms with van der Waals surface area (Å²) in [6, 6.07) is 9.06. The van der Waals surface area contributed by atoms with Crippen LogP contribution in [0.25, 0.3) is 0 Å². The second-order valence-electron chi connectivity index (χ2n) is 11.6. The van der Waals surface area contributed by atoms with Gasteiger partial charge >= 0.3 is 187 Å². The maximum atomic E-state index is 14.3. The van der Waals surface area contributed by atoms with E-state index in [0.717, 1.165) is 7.22 Å². The average Bonchev–Trinajstić information content (AvgIpc) is 2.49. The Morgan fingerprint density at radius 1 is 0.586 bits per heavy atom. The molecule has 0 fully saturated rings. The van der Waals surface area contributed by atoms with Crippen molar-refractivity contribution in [2.45, 2.75) is 99.3 Å². The van der Waals surface area contributed by atoms with Crippen LogP contribution in [-0.4, -0.2) is 19.5 Å². The minimum absolute atomic E-state index is 0.0532. The van der Waals surface area contributed by atoms with Gasteiger partial charge in [-0.15, -0.1) is 0 Å². The van der Waals surface area contributed by atoms with E-state index in [1.165, 1.54) is 33.4 Å². The van der Waals surface area contributed by atoms with Crippen molar-refractivity contribution in [2.24, 2.45) is 0 Å². The van der Waals surface area contributed by atoms with Crippen molar-refractivity contribution in [3.05, 3.63) is 57.6 Å². The van der Waals surface area contributed by atoms with Gasteiger partial charge in [-0.1, -0.05) is 0 Å². The second-order valence-corrected chi connectivity index (χ2v) is 15.5. The number of rotatable bonds is 2. The number of aryl methyl sites for hydroxylation is 3. The Kier molecular flexibility index (Phi) is 6.65. The molecule has 2 rings (SSSR count). The normalized spacial score (nSPS) is 13.3. The van der Waals surface area contributed by atoms with Gasteiger partial charge in [0.15, 0.2) is 0 Å². The summed E-state index contributed by atoms with van der Waals surface area (Å²) in [6.07, 6.45) is 0. The molecule has 2 aromatic rings. The van der Waals surface area contributed by atoms with Crippen molar-refractivity contribution in [1.82, 2.24) is 0 Å². The van der Waals surface area contributed by atoms with Crippen LogP contribution in [0.15, 0.2) is 24.3 Å². The molecule has 0 saturated heterocycles. The zero-order valence-corrected chi connectivity index (χ0v) is 23.0. The molecule has 1 nitrogen and oxygen atoms in total. The third-order valence-corrected chi connectivity index (χ3v) is 10.8. The SMILES string of the molecule is Cc1cc(C)c([Te](=[18O])c2c(C(C)(C)C)cc(C(C)(C)C)cc2C(C)(C)C)c(C)c1. The molecule has 0 aliphatic carbocycles. The van der Waals surface area contributed by atoms with Crippen LogP contribution < -0.4 is 7.22 Å². The molecule has 29 heavy (non-hydrogen) atoms. The minimum atomic E-state index is -3.01. The van der Waals surface area contributed by atoms with Gasteiger partial charge in [0.25, 0.3) is 0 Å². The molecule has 2 heteroatoms. The molecule has 0 radical (unpaired) electrons. The quantitative estimate of drug-likeness (QED) is 0.356. The van der Waals surface area contributed by atoms with Gasteiger partial charge in [0, 0.05) is 0 Å². The molecule has 0 aliphatic heterocycles. The third-order valence-electron chi connectivity index (χ3n) is 5.55. The van der Waals surface area contributed by atoms with Crippen LogP contribution in [0.2, 0.25) is 0 Å². The first kappa shape index (κ1) is 24.3. The fourth-order valence-corrected chi connectivity index (χ4v) is 9.75. The molecule has 0 unspecified atom stereocenters. The van der Waals surface area contributed by atoms with Gasteiger partial charge in [0.05, 0.1) is 0 Å².